The molecule has 15 heavy (non-hydrogen) atoms. The molecular formula is C12H27N3. The first-order chi connectivity index (χ1) is 7.26. The van der Waals surface area contributed by atoms with E-state index in [4.69, 9.17) is 5.73 Å². The van der Waals surface area contributed by atoms with Gasteiger partial charge in [0.05, 0.1) is 0 Å². The molecule has 0 saturated carbocycles. The molecular weight excluding hydrogens is 186 g/mol. The minimum atomic E-state index is 0.416. The number of nitrogens with zero attached hydrogens (tertiary/aromatic N) is 2. The van der Waals surface area contributed by atoms with Crippen LogP contribution in [0.3, 0.4) is 0 Å². The lowest BCUT2D eigenvalue weighted by atomic mass is 10.1. The lowest BCUT2D eigenvalue weighted by Crippen LogP contribution is -2.47. The Morgan fingerprint density at radius 1 is 1.00 bits per heavy atom. The van der Waals surface area contributed by atoms with E-state index in [-0.39, 0.29) is 0 Å². The maximum atomic E-state index is 6.02. The first kappa shape index (κ1) is 12.9. The number of hydrogen-bond acceptors (Lipinski definition) is 3. The number of likely N-dealkylation sites (N-methyl/N-ethyl adjacent to an activating group) is 1. The quantitative estimate of drug-likeness (QED) is 0.718. The van der Waals surface area contributed by atoms with Gasteiger partial charge in [-0.1, -0.05) is 20.3 Å². The topological polar surface area (TPSA) is 32.5 Å². The molecule has 0 amide bonds. The van der Waals surface area contributed by atoms with Crippen LogP contribution in [0.15, 0.2) is 0 Å². The van der Waals surface area contributed by atoms with Crippen LogP contribution >= 0.6 is 0 Å². The molecule has 0 bridgehead atoms. The first-order valence-corrected chi connectivity index (χ1v) is 6.46. The molecule has 1 heterocycles. The molecule has 0 radical (unpaired) electrons. The van der Waals surface area contributed by atoms with Crippen molar-refractivity contribution in [2.24, 2.45) is 5.73 Å². The standard InChI is InChI=1S/C12H27N3/c1-3-5-12(13)6-7-15-10-8-14(4-2)9-11-15/h12H,3-11,13H2,1-2H3. The summed E-state index contributed by atoms with van der Waals surface area (Å²) in [5, 5.41) is 0. The van der Waals surface area contributed by atoms with Gasteiger partial charge in [0.25, 0.3) is 0 Å². The van der Waals surface area contributed by atoms with Gasteiger partial charge in [-0.05, 0) is 25.9 Å². The zero-order chi connectivity index (χ0) is 11.1. The van der Waals surface area contributed by atoms with Crippen LogP contribution < -0.4 is 5.73 Å². The summed E-state index contributed by atoms with van der Waals surface area (Å²) in [6.45, 7) is 11.8. The molecule has 0 spiro atoms. The van der Waals surface area contributed by atoms with Crippen LogP contribution in [0.4, 0.5) is 0 Å². The van der Waals surface area contributed by atoms with Gasteiger partial charge >= 0.3 is 0 Å². The number of rotatable bonds is 6. The second-order valence-electron chi connectivity index (χ2n) is 4.61. The Kier molecular flexibility index (Phi) is 6.22. The van der Waals surface area contributed by atoms with Crippen molar-refractivity contribution in [1.29, 1.82) is 0 Å². The van der Waals surface area contributed by atoms with E-state index in [0.717, 1.165) is 0 Å². The molecule has 1 saturated heterocycles. The predicted molar refractivity (Wildman–Crippen MR) is 66.1 cm³/mol. The van der Waals surface area contributed by atoms with Crippen molar-refractivity contribution < 1.29 is 0 Å². The minimum Gasteiger partial charge on any atom is -0.328 e. The van der Waals surface area contributed by atoms with E-state index in [1.807, 2.05) is 0 Å². The fraction of sp³-hybridized carbons (Fsp3) is 1.00. The lowest BCUT2D eigenvalue weighted by Gasteiger charge is -2.34. The Morgan fingerprint density at radius 3 is 2.13 bits per heavy atom. The van der Waals surface area contributed by atoms with Crippen LogP contribution in [0.2, 0.25) is 0 Å². The molecule has 0 aromatic carbocycles. The lowest BCUT2D eigenvalue weighted by molar-refractivity contribution is 0.134. The maximum Gasteiger partial charge on any atom is 0.0110 e. The third kappa shape index (κ3) is 4.96. The molecule has 2 N–H and O–H groups in total. The number of nitrogens with two attached hydrogens (primary N) is 1. The van der Waals surface area contributed by atoms with Crippen LogP contribution in [-0.2, 0) is 0 Å². The average Bonchev–Trinajstić information content (AvgIpc) is 2.27. The highest BCUT2D eigenvalue weighted by Crippen LogP contribution is 2.04. The monoisotopic (exact) mass is 213 g/mol. The predicted octanol–water partition coefficient (Wildman–Crippen LogP) is 1.14. The van der Waals surface area contributed by atoms with E-state index in [1.54, 1.807) is 0 Å². The molecule has 0 aromatic heterocycles. The Labute approximate surface area is 94.6 Å². The van der Waals surface area contributed by atoms with E-state index in [1.165, 1.54) is 58.5 Å². The SMILES string of the molecule is CCCC(N)CCN1CCN(CC)CC1. The molecule has 0 aromatic rings. The molecule has 1 aliphatic heterocycles. The molecule has 3 nitrogen and oxygen atoms in total. The third-order valence-corrected chi connectivity index (χ3v) is 3.39. The first-order valence-electron chi connectivity index (χ1n) is 6.46. The van der Waals surface area contributed by atoms with E-state index >= 15 is 0 Å². The Bertz CT molecular complexity index is 153. The summed E-state index contributed by atoms with van der Waals surface area (Å²) in [4.78, 5) is 5.07. The zero-order valence-electron chi connectivity index (χ0n) is 10.4. The Hall–Kier alpha value is -0.120. The fourth-order valence-electron chi connectivity index (χ4n) is 2.19. The smallest absolute Gasteiger partial charge is 0.0110 e. The van der Waals surface area contributed by atoms with Gasteiger partial charge in [0.1, 0.15) is 0 Å². The molecule has 3 heteroatoms. The summed E-state index contributed by atoms with van der Waals surface area (Å²) in [6, 6.07) is 0.416. The van der Waals surface area contributed by atoms with Crippen LogP contribution in [0.5, 0.6) is 0 Å². The fourth-order valence-corrected chi connectivity index (χ4v) is 2.19. The third-order valence-electron chi connectivity index (χ3n) is 3.39. The molecule has 1 aliphatic rings. The second-order valence-corrected chi connectivity index (χ2v) is 4.61. The Morgan fingerprint density at radius 2 is 1.60 bits per heavy atom. The van der Waals surface area contributed by atoms with Gasteiger partial charge in [-0.2, -0.15) is 0 Å². The van der Waals surface area contributed by atoms with Gasteiger partial charge in [-0.15, -0.1) is 0 Å². The second kappa shape index (κ2) is 7.20. The van der Waals surface area contributed by atoms with Crippen LogP contribution in [0.1, 0.15) is 33.1 Å². The number of hydrogen-bond donors (Lipinski definition) is 1. The highest BCUT2D eigenvalue weighted by atomic mass is 15.3. The van der Waals surface area contributed by atoms with Gasteiger partial charge in [0.2, 0.25) is 0 Å². The summed E-state index contributed by atoms with van der Waals surface area (Å²) in [7, 11) is 0. The van der Waals surface area contributed by atoms with Gasteiger partial charge in [-0.25, -0.2) is 0 Å². The summed E-state index contributed by atoms with van der Waals surface area (Å²) in [5.74, 6) is 0. The largest absolute Gasteiger partial charge is 0.328 e. The van der Waals surface area contributed by atoms with Gasteiger partial charge < -0.3 is 15.5 Å². The van der Waals surface area contributed by atoms with Crippen molar-refractivity contribution in [3.63, 3.8) is 0 Å². The molecule has 1 unspecified atom stereocenters. The zero-order valence-corrected chi connectivity index (χ0v) is 10.4. The maximum absolute atomic E-state index is 6.02. The Balaban J connectivity index is 2.08. The van der Waals surface area contributed by atoms with Crippen molar-refractivity contribution in [2.45, 2.75) is 39.2 Å². The van der Waals surface area contributed by atoms with Crippen LogP contribution in [-0.4, -0.2) is 55.1 Å². The van der Waals surface area contributed by atoms with Crippen molar-refractivity contribution in [3.8, 4) is 0 Å². The highest BCUT2D eigenvalue weighted by molar-refractivity contribution is 4.72. The molecule has 1 rings (SSSR count). The van der Waals surface area contributed by atoms with E-state index in [9.17, 15) is 0 Å². The summed E-state index contributed by atoms with van der Waals surface area (Å²) in [5.41, 5.74) is 6.02. The van der Waals surface area contributed by atoms with Gasteiger partial charge in [0.15, 0.2) is 0 Å². The molecule has 0 aliphatic carbocycles. The minimum absolute atomic E-state index is 0.416. The average molecular weight is 213 g/mol. The highest BCUT2D eigenvalue weighted by Gasteiger charge is 2.15. The number of piperazine rings is 1. The van der Waals surface area contributed by atoms with E-state index in [0.29, 0.717) is 6.04 Å². The van der Waals surface area contributed by atoms with E-state index < -0.39 is 0 Å². The molecule has 1 atom stereocenters. The summed E-state index contributed by atoms with van der Waals surface area (Å²) in [6.07, 6.45) is 3.56. The molecule has 90 valence electrons. The van der Waals surface area contributed by atoms with E-state index in [2.05, 4.69) is 23.6 Å². The van der Waals surface area contributed by atoms with Crippen molar-refractivity contribution in [2.75, 3.05) is 39.3 Å². The molecule has 1 fully saturated rings. The van der Waals surface area contributed by atoms with Crippen molar-refractivity contribution in [3.05, 3.63) is 0 Å². The van der Waals surface area contributed by atoms with Gasteiger partial charge in [-0.3, -0.25) is 0 Å². The normalized spacial score (nSPS) is 21.8. The summed E-state index contributed by atoms with van der Waals surface area (Å²) >= 11 is 0. The summed E-state index contributed by atoms with van der Waals surface area (Å²) < 4.78 is 0. The van der Waals surface area contributed by atoms with Gasteiger partial charge in [0, 0.05) is 32.2 Å². The van der Waals surface area contributed by atoms with Crippen LogP contribution in [0, 0.1) is 0 Å². The van der Waals surface area contributed by atoms with Crippen LogP contribution in [0.25, 0.3) is 0 Å². The van der Waals surface area contributed by atoms with Crippen molar-refractivity contribution in [1.82, 2.24) is 9.80 Å². The van der Waals surface area contributed by atoms with Crippen molar-refractivity contribution >= 4 is 0 Å².